The summed E-state index contributed by atoms with van der Waals surface area (Å²) in [7, 11) is 0. The molecule has 0 spiro atoms. The van der Waals surface area contributed by atoms with Crippen molar-refractivity contribution in [1.29, 1.82) is 0 Å². The van der Waals surface area contributed by atoms with Crippen molar-refractivity contribution in [2.24, 2.45) is 0 Å². The summed E-state index contributed by atoms with van der Waals surface area (Å²) >= 11 is 0. The molecule has 0 bridgehead atoms. The molecule has 1 aliphatic rings. The number of para-hydroxylation sites is 2. The number of nitrogens with one attached hydrogen (secondary N) is 1. The van der Waals surface area contributed by atoms with Crippen molar-refractivity contribution in [1.82, 2.24) is 25.3 Å². The molecule has 3 aromatic heterocycles. The molecular formula is C28H26N6O3. The van der Waals surface area contributed by atoms with E-state index in [2.05, 4.69) is 20.6 Å². The van der Waals surface area contributed by atoms with Gasteiger partial charge in [-0.25, -0.2) is 4.68 Å². The fourth-order valence-corrected chi connectivity index (χ4v) is 5.04. The third-order valence-electron chi connectivity index (χ3n) is 6.85. The van der Waals surface area contributed by atoms with Gasteiger partial charge in [-0.2, -0.15) is 0 Å². The number of hydrogen-bond acceptors (Lipinski definition) is 6. The van der Waals surface area contributed by atoms with Gasteiger partial charge in [0.05, 0.1) is 29.2 Å². The van der Waals surface area contributed by atoms with Gasteiger partial charge in [0.25, 0.3) is 5.91 Å². The minimum Gasteiger partial charge on any atom is -0.467 e. The van der Waals surface area contributed by atoms with E-state index in [-0.39, 0.29) is 24.4 Å². The first kappa shape index (κ1) is 22.9. The van der Waals surface area contributed by atoms with Gasteiger partial charge in [-0.15, -0.1) is 5.10 Å². The highest BCUT2D eigenvalue weighted by atomic mass is 16.3. The van der Waals surface area contributed by atoms with Gasteiger partial charge in [0.1, 0.15) is 17.8 Å². The predicted octanol–water partition coefficient (Wildman–Crippen LogP) is 4.41. The second-order valence-electron chi connectivity index (χ2n) is 9.29. The molecule has 1 aliphatic carbocycles. The maximum Gasteiger partial charge on any atom is 0.251 e. The average Bonchev–Trinajstić information content (AvgIpc) is 3.70. The third-order valence-corrected chi connectivity index (χ3v) is 6.85. The van der Waals surface area contributed by atoms with Gasteiger partial charge in [0.15, 0.2) is 6.04 Å². The number of benzene rings is 2. The van der Waals surface area contributed by atoms with E-state index in [0.29, 0.717) is 17.0 Å². The summed E-state index contributed by atoms with van der Waals surface area (Å²) in [6.07, 6.45) is 7.13. The number of carbonyl (C=O) groups is 2. The van der Waals surface area contributed by atoms with Crippen LogP contribution in [0.1, 0.15) is 37.5 Å². The molecule has 2 aromatic carbocycles. The molecule has 6 rings (SSSR count). The van der Waals surface area contributed by atoms with Gasteiger partial charge in [0, 0.05) is 11.4 Å². The molecule has 1 saturated carbocycles. The van der Waals surface area contributed by atoms with Crippen molar-refractivity contribution in [3.63, 3.8) is 0 Å². The van der Waals surface area contributed by atoms with Crippen LogP contribution in [0.2, 0.25) is 0 Å². The smallest absolute Gasteiger partial charge is 0.251 e. The van der Waals surface area contributed by atoms with Crippen molar-refractivity contribution in [2.45, 2.75) is 44.3 Å². The van der Waals surface area contributed by atoms with Gasteiger partial charge >= 0.3 is 0 Å². The molecule has 186 valence electrons. The minimum absolute atomic E-state index is 0.0795. The van der Waals surface area contributed by atoms with Crippen molar-refractivity contribution in [3.05, 3.63) is 85.0 Å². The molecule has 37 heavy (non-hydrogen) atoms. The molecule has 5 aromatic rings. The molecule has 0 radical (unpaired) electrons. The first-order valence-electron chi connectivity index (χ1n) is 12.5. The lowest BCUT2D eigenvalue weighted by Gasteiger charge is -2.30. The monoisotopic (exact) mass is 494 g/mol. The lowest BCUT2D eigenvalue weighted by atomic mass is 10.1. The Kier molecular flexibility index (Phi) is 6.10. The van der Waals surface area contributed by atoms with Crippen molar-refractivity contribution in [2.75, 3.05) is 4.90 Å². The van der Waals surface area contributed by atoms with Crippen molar-refractivity contribution >= 4 is 39.4 Å². The van der Waals surface area contributed by atoms with E-state index in [4.69, 9.17) is 4.42 Å². The number of fused-ring (bicyclic) bond motifs is 2. The number of pyridine rings is 1. The quantitative estimate of drug-likeness (QED) is 0.359. The van der Waals surface area contributed by atoms with Crippen LogP contribution in [-0.4, -0.2) is 37.8 Å². The predicted molar refractivity (Wildman–Crippen MR) is 139 cm³/mol. The lowest BCUT2D eigenvalue weighted by Crippen LogP contribution is -2.47. The Bertz CT molecular complexity index is 1550. The van der Waals surface area contributed by atoms with Crippen LogP contribution in [0, 0.1) is 0 Å². The van der Waals surface area contributed by atoms with Gasteiger partial charge in [-0.3, -0.25) is 19.5 Å². The summed E-state index contributed by atoms with van der Waals surface area (Å²) in [5, 5.41) is 12.4. The van der Waals surface area contributed by atoms with Crippen LogP contribution in [-0.2, 0) is 16.1 Å². The maximum atomic E-state index is 14.1. The Balaban J connectivity index is 1.43. The lowest BCUT2D eigenvalue weighted by molar-refractivity contribution is -0.127. The van der Waals surface area contributed by atoms with E-state index in [0.717, 1.165) is 42.1 Å². The highest BCUT2D eigenvalue weighted by Gasteiger charge is 2.36. The molecule has 9 nitrogen and oxygen atoms in total. The first-order chi connectivity index (χ1) is 18.2. The SMILES string of the molecule is O=C(NC1CCCC1)C(c1ccco1)N(C(=O)Cn1nnc2ccccc21)c1cnc2ccccc2c1. The second-order valence-corrected chi connectivity index (χ2v) is 9.29. The number of rotatable bonds is 7. The summed E-state index contributed by atoms with van der Waals surface area (Å²) < 4.78 is 7.27. The van der Waals surface area contributed by atoms with E-state index in [1.54, 1.807) is 23.0 Å². The molecule has 1 fully saturated rings. The van der Waals surface area contributed by atoms with Gasteiger partial charge in [0.2, 0.25) is 5.91 Å². The summed E-state index contributed by atoms with van der Waals surface area (Å²) in [4.78, 5) is 33.9. The topological polar surface area (TPSA) is 106 Å². The van der Waals surface area contributed by atoms with Crippen LogP contribution in [0.3, 0.4) is 0 Å². The third kappa shape index (κ3) is 4.55. The van der Waals surface area contributed by atoms with Crippen molar-refractivity contribution in [3.8, 4) is 0 Å². The van der Waals surface area contributed by atoms with Gasteiger partial charge < -0.3 is 9.73 Å². The fourth-order valence-electron chi connectivity index (χ4n) is 5.04. The number of amides is 2. The molecule has 2 amide bonds. The number of nitrogens with zero attached hydrogens (tertiary/aromatic N) is 5. The molecule has 1 unspecified atom stereocenters. The average molecular weight is 495 g/mol. The Morgan fingerprint density at radius 1 is 1.03 bits per heavy atom. The molecule has 0 aliphatic heterocycles. The molecular weight excluding hydrogens is 468 g/mol. The highest BCUT2D eigenvalue weighted by molar-refractivity contribution is 6.02. The largest absolute Gasteiger partial charge is 0.467 e. The minimum atomic E-state index is -1.01. The molecule has 1 N–H and O–H groups in total. The molecule has 1 atom stereocenters. The first-order valence-corrected chi connectivity index (χ1v) is 12.5. The normalized spacial score (nSPS) is 14.7. The number of hydrogen-bond donors (Lipinski definition) is 1. The number of furan rings is 1. The standard InChI is InChI=1S/C28H26N6O3/c35-26(18-33-24-13-6-5-12-23(24)31-32-33)34(21-16-19-8-1-4-11-22(19)29-17-21)27(25-14-7-15-37-25)28(36)30-20-9-2-3-10-20/h1,4-8,11-17,20,27H,2-3,9-10,18H2,(H,30,36). The molecule has 0 saturated heterocycles. The van der Waals surface area contributed by atoms with E-state index in [1.165, 1.54) is 11.2 Å². The van der Waals surface area contributed by atoms with Gasteiger partial charge in [-0.1, -0.05) is 48.4 Å². The second kappa shape index (κ2) is 9.85. The summed E-state index contributed by atoms with van der Waals surface area (Å²) in [5.74, 6) is -0.247. The van der Waals surface area contributed by atoms with E-state index >= 15 is 0 Å². The Labute approximate surface area is 213 Å². The van der Waals surface area contributed by atoms with Crippen LogP contribution in [0.15, 0.2) is 83.6 Å². The fraction of sp³-hybridized carbons (Fsp3) is 0.250. The van der Waals surface area contributed by atoms with Gasteiger partial charge in [-0.05, 0) is 49.2 Å². The Morgan fingerprint density at radius 2 is 1.81 bits per heavy atom. The zero-order valence-corrected chi connectivity index (χ0v) is 20.2. The Hall–Kier alpha value is -4.53. The van der Waals surface area contributed by atoms with Crippen LogP contribution in [0.5, 0.6) is 0 Å². The summed E-state index contributed by atoms with van der Waals surface area (Å²) in [5.41, 5.74) is 2.72. The molecule has 3 heterocycles. The highest BCUT2D eigenvalue weighted by Crippen LogP contribution is 2.31. The van der Waals surface area contributed by atoms with Crippen LogP contribution >= 0.6 is 0 Å². The van der Waals surface area contributed by atoms with Crippen LogP contribution in [0.25, 0.3) is 21.9 Å². The zero-order valence-electron chi connectivity index (χ0n) is 20.2. The number of aromatic nitrogens is 4. The van der Waals surface area contributed by atoms with E-state index in [1.807, 2.05) is 54.6 Å². The van der Waals surface area contributed by atoms with Crippen LogP contribution < -0.4 is 10.2 Å². The molecule has 9 heteroatoms. The summed E-state index contributed by atoms with van der Waals surface area (Å²) in [6, 6.07) is 19.5. The van der Waals surface area contributed by atoms with E-state index in [9.17, 15) is 9.59 Å². The van der Waals surface area contributed by atoms with Crippen molar-refractivity contribution < 1.29 is 14.0 Å². The van der Waals surface area contributed by atoms with Crippen LogP contribution in [0.4, 0.5) is 5.69 Å². The number of carbonyl (C=O) groups excluding carboxylic acids is 2. The Morgan fingerprint density at radius 3 is 2.62 bits per heavy atom. The summed E-state index contributed by atoms with van der Waals surface area (Å²) in [6.45, 7) is -0.110. The van der Waals surface area contributed by atoms with E-state index < -0.39 is 6.04 Å². The zero-order chi connectivity index (χ0) is 25.2. The number of anilines is 1. The maximum absolute atomic E-state index is 14.1.